The molecule has 3 N–H and O–H groups in total. The molecule has 0 fully saturated rings. The average Bonchev–Trinajstić information content (AvgIpc) is 2.33. The minimum atomic E-state index is 0. The molecule has 0 amide bonds. The zero-order chi connectivity index (χ0) is 12.8. The summed E-state index contributed by atoms with van der Waals surface area (Å²) in [7, 11) is 0. The van der Waals surface area contributed by atoms with Crippen LogP contribution in [0.4, 0.5) is 0 Å². The van der Waals surface area contributed by atoms with Gasteiger partial charge in [-0.05, 0) is 12.8 Å². The van der Waals surface area contributed by atoms with Crippen LogP contribution in [0.2, 0.25) is 0 Å². The van der Waals surface area contributed by atoms with Crippen LogP contribution in [0.1, 0.15) is 58.3 Å². The predicted molar refractivity (Wildman–Crippen MR) is 72.3 cm³/mol. The summed E-state index contributed by atoms with van der Waals surface area (Å²) in [5.74, 6) is 0. The molecule has 3 nitrogen and oxygen atoms in total. The Morgan fingerprint density at radius 2 is 1.11 bits per heavy atom. The lowest BCUT2D eigenvalue weighted by molar-refractivity contribution is -0.901. The number of rotatable bonds is 13. The van der Waals surface area contributed by atoms with Crippen molar-refractivity contribution in [1.82, 2.24) is 0 Å². The highest BCUT2D eigenvalue weighted by Crippen LogP contribution is 2.07. The van der Waals surface area contributed by atoms with Crippen LogP contribution in [-0.2, 0) is 0 Å². The molecule has 18 heavy (non-hydrogen) atoms. The highest BCUT2D eigenvalue weighted by atomic mass is 79.9. The molecule has 0 saturated carbocycles. The van der Waals surface area contributed by atoms with E-state index in [1.807, 2.05) is 0 Å². The van der Waals surface area contributed by atoms with E-state index in [-0.39, 0.29) is 30.2 Å². The smallest absolute Gasteiger partial charge is 0.101 e. The Morgan fingerprint density at radius 3 is 1.56 bits per heavy atom. The normalized spacial score (nSPS) is 10.7. The third kappa shape index (κ3) is 14.4. The van der Waals surface area contributed by atoms with E-state index < -0.39 is 0 Å². The second-order valence-corrected chi connectivity index (χ2v) is 4.92. The Morgan fingerprint density at radius 1 is 0.667 bits per heavy atom. The third-order valence-corrected chi connectivity index (χ3v) is 3.31. The molecule has 0 spiro atoms. The third-order valence-electron chi connectivity index (χ3n) is 3.31. The summed E-state index contributed by atoms with van der Waals surface area (Å²) in [4.78, 5) is 1.33. The molecule has 0 aliphatic heterocycles. The molecule has 0 aliphatic rings. The molecule has 0 saturated heterocycles. The maximum atomic E-state index is 8.88. The van der Waals surface area contributed by atoms with Crippen molar-refractivity contribution in [3.8, 4) is 0 Å². The maximum Gasteiger partial charge on any atom is 0.101 e. The van der Waals surface area contributed by atoms with Crippen LogP contribution >= 0.6 is 0 Å². The first-order valence-electron chi connectivity index (χ1n) is 7.40. The number of unbranched alkanes of at least 4 members (excludes halogenated alkanes) is 7. The number of aliphatic hydroxyl groups is 2. The highest BCUT2D eigenvalue weighted by Gasteiger charge is 2.05. The summed E-state index contributed by atoms with van der Waals surface area (Å²) >= 11 is 0. The Balaban J connectivity index is 0. The maximum absolute atomic E-state index is 8.88. The lowest BCUT2D eigenvalue weighted by Crippen LogP contribution is -3.13. The topological polar surface area (TPSA) is 44.9 Å². The van der Waals surface area contributed by atoms with E-state index in [2.05, 4.69) is 6.92 Å². The highest BCUT2D eigenvalue weighted by molar-refractivity contribution is 4.45. The van der Waals surface area contributed by atoms with Crippen LogP contribution in [0, 0.1) is 0 Å². The Kier molecular flexibility index (Phi) is 19.9. The molecule has 0 unspecified atom stereocenters. The van der Waals surface area contributed by atoms with Crippen molar-refractivity contribution >= 4 is 0 Å². The number of nitrogens with one attached hydrogen (secondary N) is 1. The zero-order valence-electron chi connectivity index (χ0n) is 12.0. The van der Waals surface area contributed by atoms with Gasteiger partial charge in [-0.15, -0.1) is 0 Å². The molecule has 0 aromatic rings. The van der Waals surface area contributed by atoms with Gasteiger partial charge in [0.15, 0.2) is 0 Å². The largest absolute Gasteiger partial charge is 1.00 e. The van der Waals surface area contributed by atoms with Crippen molar-refractivity contribution in [2.75, 3.05) is 32.8 Å². The fourth-order valence-electron chi connectivity index (χ4n) is 2.20. The monoisotopic (exact) mass is 325 g/mol. The van der Waals surface area contributed by atoms with Crippen LogP contribution in [0.5, 0.6) is 0 Å². The van der Waals surface area contributed by atoms with Crippen LogP contribution in [0.3, 0.4) is 0 Å². The molecule has 0 heterocycles. The summed E-state index contributed by atoms with van der Waals surface area (Å²) in [5.41, 5.74) is 0. The van der Waals surface area contributed by atoms with Crippen molar-refractivity contribution in [3.05, 3.63) is 0 Å². The molecule has 0 aliphatic carbocycles. The number of hydrogen-bond acceptors (Lipinski definition) is 2. The second-order valence-electron chi connectivity index (χ2n) is 4.92. The van der Waals surface area contributed by atoms with E-state index in [0.29, 0.717) is 0 Å². The van der Waals surface area contributed by atoms with Crippen molar-refractivity contribution in [1.29, 1.82) is 0 Å². The van der Waals surface area contributed by atoms with E-state index in [1.165, 1.54) is 56.3 Å². The Labute approximate surface area is 123 Å². The van der Waals surface area contributed by atoms with E-state index in [0.717, 1.165) is 19.6 Å². The summed E-state index contributed by atoms with van der Waals surface area (Å²) in [6, 6.07) is 0. The molecule has 0 aromatic carbocycles. The lowest BCUT2D eigenvalue weighted by Gasteiger charge is -2.17. The van der Waals surface area contributed by atoms with Crippen LogP contribution in [0.15, 0.2) is 0 Å². The van der Waals surface area contributed by atoms with Crippen LogP contribution in [-0.4, -0.2) is 43.1 Å². The van der Waals surface area contributed by atoms with E-state index in [9.17, 15) is 0 Å². The Hall–Kier alpha value is 0.360. The SMILES string of the molecule is CCCCCCCCCC[NH+](CCO)CCO.[Br-]. The van der Waals surface area contributed by atoms with Gasteiger partial charge >= 0.3 is 0 Å². The van der Waals surface area contributed by atoms with E-state index in [1.54, 1.807) is 0 Å². The van der Waals surface area contributed by atoms with Crippen molar-refractivity contribution < 1.29 is 32.1 Å². The lowest BCUT2D eigenvalue weighted by atomic mass is 10.1. The predicted octanol–water partition coefficient (Wildman–Crippen LogP) is -2.00. The Bertz CT molecular complexity index is 142. The first kappa shape index (κ1) is 20.7. The van der Waals surface area contributed by atoms with Gasteiger partial charge in [0, 0.05) is 0 Å². The minimum absolute atomic E-state index is 0. The van der Waals surface area contributed by atoms with Gasteiger partial charge in [-0.25, -0.2) is 0 Å². The van der Waals surface area contributed by atoms with Gasteiger partial charge in [0.1, 0.15) is 13.1 Å². The first-order chi connectivity index (χ1) is 8.35. The summed E-state index contributed by atoms with van der Waals surface area (Å²) in [5, 5.41) is 17.8. The molecule has 0 bridgehead atoms. The van der Waals surface area contributed by atoms with Gasteiger partial charge in [0.2, 0.25) is 0 Å². The number of quaternary nitrogens is 1. The van der Waals surface area contributed by atoms with Crippen molar-refractivity contribution in [3.63, 3.8) is 0 Å². The molecule has 4 heteroatoms. The molecule has 0 atom stereocenters. The van der Waals surface area contributed by atoms with Gasteiger partial charge in [-0.2, -0.15) is 0 Å². The molecule has 0 rings (SSSR count). The van der Waals surface area contributed by atoms with Gasteiger partial charge in [-0.1, -0.05) is 45.4 Å². The number of hydrogen-bond donors (Lipinski definition) is 3. The van der Waals surface area contributed by atoms with Gasteiger partial charge in [-0.3, -0.25) is 0 Å². The van der Waals surface area contributed by atoms with E-state index >= 15 is 0 Å². The molecular formula is C14H32BrNO2. The fraction of sp³-hybridized carbons (Fsp3) is 1.00. The van der Waals surface area contributed by atoms with Gasteiger partial charge < -0.3 is 32.1 Å². The standard InChI is InChI=1S/C14H31NO2.BrH/c1-2-3-4-5-6-7-8-9-10-15(11-13-16)12-14-17;/h16-17H,2-14H2,1H3;1H. The van der Waals surface area contributed by atoms with Crippen molar-refractivity contribution in [2.45, 2.75) is 58.3 Å². The zero-order valence-corrected chi connectivity index (χ0v) is 13.6. The van der Waals surface area contributed by atoms with Gasteiger partial charge in [0.05, 0.1) is 19.8 Å². The summed E-state index contributed by atoms with van der Waals surface area (Å²) < 4.78 is 0. The van der Waals surface area contributed by atoms with Crippen molar-refractivity contribution in [2.24, 2.45) is 0 Å². The molecule has 0 aromatic heterocycles. The minimum Gasteiger partial charge on any atom is -1.00 e. The van der Waals surface area contributed by atoms with E-state index in [4.69, 9.17) is 10.2 Å². The molecule has 0 radical (unpaired) electrons. The van der Waals surface area contributed by atoms with Gasteiger partial charge in [0.25, 0.3) is 0 Å². The quantitative estimate of drug-likeness (QED) is 0.343. The second kappa shape index (κ2) is 17.4. The molecule has 112 valence electrons. The number of halogens is 1. The first-order valence-corrected chi connectivity index (χ1v) is 7.40. The fourth-order valence-corrected chi connectivity index (χ4v) is 2.20. The number of aliphatic hydroxyl groups excluding tert-OH is 2. The van der Waals surface area contributed by atoms with Crippen LogP contribution < -0.4 is 21.9 Å². The summed E-state index contributed by atoms with van der Waals surface area (Å²) in [6.07, 6.45) is 10.7. The average molecular weight is 326 g/mol. The van der Waals surface area contributed by atoms with Crippen LogP contribution in [0.25, 0.3) is 0 Å². The molecular weight excluding hydrogens is 294 g/mol. The summed E-state index contributed by atoms with van der Waals surface area (Å²) in [6.45, 7) is 5.35.